The highest BCUT2D eigenvalue weighted by Crippen LogP contribution is 2.27. The molecule has 0 aliphatic heterocycles. The molecule has 2 aromatic rings. The number of hydrogen-bond donors (Lipinski definition) is 2. The van der Waals surface area contributed by atoms with Gasteiger partial charge in [-0.25, -0.2) is 4.79 Å². The number of anilines is 1. The first-order valence-corrected chi connectivity index (χ1v) is 6.47. The first-order chi connectivity index (χ1) is 9.41. The number of aryl methyl sites for hydroxylation is 2. The van der Waals surface area contributed by atoms with E-state index in [0.29, 0.717) is 21.5 Å². The molecule has 0 spiro atoms. The van der Waals surface area contributed by atoms with E-state index >= 15 is 0 Å². The number of amides is 1. The molecular formula is C13H11BrN2O4. The van der Waals surface area contributed by atoms with Gasteiger partial charge in [0.15, 0.2) is 0 Å². The van der Waals surface area contributed by atoms with E-state index in [9.17, 15) is 9.59 Å². The topological polar surface area (TPSA) is 92.4 Å². The number of hydrogen-bond acceptors (Lipinski definition) is 4. The highest BCUT2D eigenvalue weighted by Gasteiger charge is 2.21. The fraction of sp³-hybridized carbons (Fsp3) is 0.154. The number of benzene rings is 1. The van der Waals surface area contributed by atoms with Crippen LogP contribution in [0.3, 0.4) is 0 Å². The minimum atomic E-state index is -1.12. The Morgan fingerprint density at radius 3 is 2.60 bits per heavy atom. The van der Waals surface area contributed by atoms with Gasteiger partial charge in [0.1, 0.15) is 11.3 Å². The Kier molecular flexibility index (Phi) is 3.89. The zero-order valence-corrected chi connectivity index (χ0v) is 12.3. The third-order valence-corrected chi connectivity index (χ3v) is 3.40. The van der Waals surface area contributed by atoms with Crippen molar-refractivity contribution in [1.29, 1.82) is 0 Å². The molecule has 2 rings (SSSR count). The van der Waals surface area contributed by atoms with Crippen molar-refractivity contribution in [2.45, 2.75) is 13.8 Å². The van der Waals surface area contributed by atoms with Crippen molar-refractivity contribution in [2.75, 3.05) is 5.32 Å². The summed E-state index contributed by atoms with van der Waals surface area (Å²) < 4.78 is 5.41. The molecule has 7 heteroatoms. The second-order valence-corrected chi connectivity index (χ2v) is 4.98. The Hall–Kier alpha value is -2.15. The minimum Gasteiger partial charge on any atom is -0.478 e. The molecule has 0 saturated carbocycles. The summed E-state index contributed by atoms with van der Waals surface area (Å²) in [6.45, 7) is 3.26. The number of halogens is 1. The van der Waals surface area contributed by atoms with Crippen molar-refractivity contribution in [3.05, 3.63) is 45.3 Å². The van der Waals surface area contributed by atoms with E-state index in [1.807, 2.05) is 0 Å². The zero-order chi connectivity index (χ0) is 14.9. The van der Waals surface area contributed by atoms with Gasteiger partial charge in [0.25, 0.3) is 5.91 Å². The van der Waals surface area contributed by atoms with Crippen molar-refractivity contribution in [3.8, 4) is 0 Å². The van der Waals surface area contributed by atoms with E-state index in [1.165, 1.54) is 6.07 Å². The molecular weight excluding hydrogens is 328 g/mol. The van der Waals surface area contributed by atoms with Crippen LogP contribution in [0.1, 0.15) is 32.2 Å². The van der Waals surface area contributed by atoms with Crippen LogP contribution in [-0.4, -0.2) is 22.1 Å². The largest absolute Gasteiger partial charge is 0.478 e. The molecule has 0 radical (unpaired) electrons. The molecule has 0 aliphatic carbocycles. The summed E-state index contributed by atoms with van der Waals surface area (Å²) in [5.74, 6) is -1.21. The first-order valence-electron chi connectivity index (χ1n) is 5.68. The van der Waals surface area contributed by atoms with Gasteiger partial charge in [0.05, 0.1) is 16.9 Å². The number of rotatable bonds is 3. The van der Waals surface area contributed by atoms with Gasteiger partial charge in [-0.05, 0) is 41.9 Å². The Balaban J connectivity index is 2.40. The van der Waals surface area contributed by atoms with Crippen molar-refractivity contribution in [3.63, 3.8) is 0 Å². The molecule has 1 aromatic carbocycles. The maximum atomic E-state index is 12.2. The van der Waals surface area contributed by atoms with Gasteiger partial charge < -0.3 is 14.9 Å². The van der Waals surface area contributed by atoms with Crippen molar-refractivity contribution < 1.29 is 19.2 Å². The second-order valence-electron chi connectivity index (χ2n) is 4.12. The number of carboxylic acids is 1. The predicted octanol–water partition coefficient (Wildman–Crippen LogP) is 3.00. The molecule has 0 unspecified atom stereocenters. The van der Waals surface area contributed by atoms with Crippen LogP contribution in [-0.2, 0) is 0 Å². The lowest BCUT2D eigenvalue weighted by Gasteiger charge is -2.10. The lowest BCUT2D eigenvalue weighted by Crippen LogP contribution is -2.16. The SMILES string of the molecule is Cc1noc(C)c1C(=O)Nc1c(Br)cccc1C(=O)O. The van der Waals surface area contributed by atoms with E-state index in [2.05, 4.69) is 26.4 Å². The van der Waals surface area contributed by atoms with Crippen molar-refractivity contribution in [2.24, 2.45) is 0 Å². The maximum Gasteiger partial charge on any atom is 0.337 e. The molecule has 2 N–H and O–H groups in total. The second kappa shape index (κ2) is 5.46. The van der Waals surface area contributed by atoms with E-state index in [0.717, 1.165) is 0 Å². The first kappa shape index (κ1) is 14.3. The van der Waals surface area contributed by atoms with E-state index < -0.39 is 11.9 Å². The molecule has 104 valence electrons. The van der Waals surface area contributed by atoms with Crippen molar-refractivity contribution >= 4 is 33.5 Å². The molecule has 0 fully saturated rings. The monoisotopic (exact) mass is 338 g/mol. The number of carboxylic acid groups (broad SMARTS) is 1. The highest BCUT2D eigenvalue weighted by atomic mass is 79.9. The number of para-hydroxylation sites is 1. The number of nitrogens with zero attached hydrogens (tertiary/aromatic N) is 1. The lowest BCUT2D eigenvalue weighted by atomic mass is 10.1. The summed E-state index contributed by atoms with van der Waals surface area (Å²) in [5.41, 5.74) is 0.950. The number of carbonyl (C=O) groups excluding carboxylic acids is 1. The van der Waals surface area contributed by atoms with Gasteiger partial charge in [-0.3, -0.25) is 4.79 Å². The van der Waals surface area contributed by atoms with Crippen LogP contribution in [0.25, 0.3) is 0 Å². The quantitative estimate of drug-likeness (QED) is 0.897. The van der Waals surface area contributed by atoms with Crippen LogP contribution in [0.4, 0.5) is 5.69 Å². The van der Waals surface area contributed by atoms with Crippen LogP contribution in [0.15, 0.2) is 27.2 Å². The van der Waals surface area contributed by atoms with E-state index in [1.54, 1.807) is 26.0 Å². The molecule has 0 atom stereocenters. The van der Waals surface area contributed by atoms with Crippen LogP contribution in [0.2, 0.25) is 0 Å². The number of nitrogens with one attached hydrogen (secondary N) is 1. The molecule has 0 aliphatic rings. The number of carbonyl (C=O) groups is 2. The van der Waals surface area contributed by atoms with Crippen LogP contribution in [0, 0.1) is 13.8 Å². The number of aromatic nitrogens is 1. The summed E-state index contributed by atoms with van der Waals surface area (Å²) in [7, 11) is 0. The Morgan fingerprint density at radius 2 is 2.05 bits per heavy atom. The molecule has 20 heavy (non-hydrogen) atoms. The van der Waals surface area contributed by atoms with Crippen molar-refractivity contribution in [1.82, 2.24) is 5.16 Å². The highest BCUT2D eigenvalue weighted by molar-refractivity contribution is 9.10. The Bertz CT molecular complexity index is 674. The average molecular weight is 339 g/mol. The average Bonchev–Trinajstić information content (AvgIpc) is 2.71. The van der Waals surface area contributed by atoms with Gasteiger partial charge >= 0.3 is 5.97 Å². The van der Waals surface area contributed by atoms with Gasteiger partial charge in [-0.1, -0.05) is 11.2 Å². The third-order valence-electron chi connectivity index (χ3n) is 2.74. The molecule has 1 aromatic heterocycles. The molecule has 1 amide bonds. The lowest BCUT2D eigenvalue weighted by molar-refractivity contribution is 0.0698. The van der Waals surface area contributed by atoms with E-state index in [-0.39, 0.29) is 11.3 Å². The third kappa shape index (κ3) is 2.57. The molecule has 0 saturated heterocycles. The minimum absolute atomic E-state index is 0.000477. The maximum absolute atomic E-state index is 12.2. The summed E-state index contributed by atoms with van der Waals surface area (Å²) in [4.78, 5) is 23.4. The summed E-state index contributed by atoms with van der Waals surface area (Å²) in [6.07, 6.45) is 0. The Morgan fingerprint density at radius 1 is 1.35 bits per heavy atom. The standard InChI is InChI=1S/C13H11BrN2O4/c1-6-10(7(2)20-16-6)12(17)15-11-8(13(18)19)4-3-5-9(11)14/h3-5H,1-2H3,(H,15,17)(H,18,19). The molecule has 6 nitrogen and oxygen atoms in total. The van der Waals surface area contributed by atoms with Gasteiger partial charge in [-0.2, -0.15) is 0 Å². The normalized spacial score (nSPS) is 10.3. The van der Waals surface area contributed by atoms with Gasteiger partial charge in [0, 0.05) is 4.47 Å². The number of aromatic carboxylic acids is 1. The zero-order valence-electron chi connectivity index (χ0n) is 10.7. The molecule has 0 bridgehead atoms. The smallest absolute Gasteiger partial charge is 0.337 e. The van der Waals surface area contributed by atoms with Crippen LogP contribution in [0.5, 0.6) is 0 Å². The molecule has 1 heterocycles. The summed E-state index contributed by atoms with van der Waals surface area (Å²) >= 11 is 3.23. The predicted molar refractivity (Wildman–Crippen MR) is 75.0 cm³/mol. The fourth-order valence-corrected chi connectivity index (χ4v) is 2.28. The van der Waals surface area contributed by atoms with Gasteiger partial charge in [-0.15, -0.1) is 0 Å². The van der Waals surface area contributed by atoms with Gasteiger partial charge in [0.2, 0.25) is 0 Å². The van der Waals surface area contributed by atoms with Crippen LogP contribution >= 0.6 is 15.9 Å². The fourth-order valence-electron chi connectivity index (χ4n) is 1.81. The Labute approximate surface area is 122 Å². The summed E-state index contributed by atoms with van der Waals surface area (Å²) in [6, 6.07) is 4.64. The summed E-state index contributed by atoms with van der Waals surface area (Å²) in [5, 5.41) is 15.4. The van der Waals surface area contributed by atoms with E-state index in [4.69, 9.17) is 9.63 Å². The van der Waals surface area contributed by atoms with Crippen LogP contribution < -0.4 is 5.32 Å².